The fraction of sp³-hybridized carbons (Fsp3) is 0.278. The number of rotatable bonds is 6. The predicted octanol–water partition coefficient (Wildman–Crippen LogP) is 2.52. The topological polar surface area (TPSA) is 84.9 Å². The first-order valence-electron chi connectivity index (χ1n) is 8.42. The molecule has 150 valence electrons. The van der Waals surface area contributed by atoms with Crippen LogP contribution in [0.1, 0.15) is 0 Å². The van der Waals surface area contributed by atoms with E-state index in [1.165, 1.54) is 40.7 Å². The highest BCUT2D eigenvalue weighted by Gasteiger charge is 2.26. The Balaban J connectivity index is 1.58. The summed E-state index contributed by atoms with van der Waals surface area (Å²) in [4.78, 5) is 12.1. The lowest BCUT2D eigenvalue weighted by molar-refractivity contribution is -0.118. The minimum atomic E-state index is -3.59. The van der Waals surface area contributed by atoms with Gasteiger partial charge in [-0.15, -0.1) is 0 Å². The van der Waals surface area contributed by atoms with E-state index in [0.29, 0.717) is 32.0 Å². The van der Waals surface area contributed by atoms with E-state index in [4.69, 9.17) is 21.1 Å². The van der Waals surface area contributed by atoms with Crippen molar-refractivity contribution in [3.8, 4) is 5.75 Å². The fourth-order valence-electron chi connectivity index (χ4n) is 2.58. The number of ether oxygens (including phenoxy) is 2. The SMILES string of the molecule is O=C(COc1ccc(F)cc1Cl)Nc1ccc(S(=O)(=O)N2CCOCC2)cc1. The summed E-state index contributed by atoms with van der Waals surface area (Å²) in [6.45, 7) is 1.02. The molecule has 0 aliphatic carbocycles. The number of carbonyl (C=O) groups excluding carboxylic acids is 1. The predicted molar refractivity (Wildman–Crippen MR) is 102 cm³/mol. The van der Waals surface area contributed by atoms with E-state index >= 15 is 0 Å². The standard InChI is InChI=1S/C18H18ClFN2O5S/c19-16-11-13(20)1-6-17(16)27-12-18(23)21-14-2-4-15(5-3-14)28(24,25)22-7-9-26-10-8-22/h1-6,11H,7-10,12H2,(H,21,23). The molecule has 7 nitrogen and oxygen atoms in total. The van der Waals surface area contributed by atoms with Gasteiger partial charge in [0.2, 0.25) is 10.0 Å². The normalized spacial score (nSPS) is 15.2. The number of anilines is 1. The molecule has 0 unspecified atom stereocenters. The zero-order valence-corrected chi connectivity index (χ0v) is 16.3. The number of morpholine rings is 1. The van der Waals surface area contributed by atoms with Crippen LogP contribution in [0.25, 0.3) is 0 Å². The lowest BCUT2D eigenvalue weighted by Gasteiger charge is -2.26. The third kappa shape index (κ3) is 4.99. The molecule has 1 N–H and O–H groups in total. The van der Waals surface area contributed by atoms with Crippen molar-refractivity contribution in [1.29, 1.82) is 0 Å². The van der Waals surface area contributed by atoms with E-state index in [-0.39, 0.29) is 22.3 Å². The summed E-state index contributed by atoms with van der Waals surface area (Å²) >= 11 is 5.83. The largest absolute Gasteiger partial charge is 0.482 e. The maximum atomic E-state index is 13.0. The Morgan fingerprint density at radius 2 is 1.86 bits per heavy atom. The van der Waals surface area contributed by atoms with E-state index in [2.05, 4.69) is 5.32 Å². The van der Waals surface area contributed by atoms with Crippen LogP contribution in [0.4, 0.5) is 10.1 Å². The molecular weight excluding hydrogens is 411 g/mol. The molecule has 1 aliphatic rings. The van der Waals surface area contributed by atoms with Gasteiger partial charge >= 0.3 is 0 Å². The van der Waals surface area contributed by atoms with Gasteiger partial charge in [-0.3, -0.25) is 4.79 Å². The minimum Gasteiger partial charge on any atom is -0.482 e. The Morgan fingerprint density at radius 3 is 2.50 bits per heavy atom. The molecule has 0 atom stereocenters. The third-order valence-electron chi connectivity index (χ3n) is 4.00. The van der Waals surface area contributed by atoms with E-state index in [0.717, 1.165) is 6.07 Å². The van der Waals surface area contributed by atoms with Crippen LogP contribution in [-0.4, -0.2) is 51.5 Å². The Hall–Kier alpha value is -2.20. The quantitative estimate of drug-likeness (QED) is 0.764. The highest BCUT2D eigenvalue weighted by atomic mass is 35.5. The van der Waals surface area contributed by atoms with Crippen molar-refractivity contribution in [2.45, 2.75) is 4.90 Å². The molecule has 2 aromatic rings. The van der Waals surface area contributed by atoms with Crippen molar-refractivity contribution in [3.05, 3.63) is 53.3 Å². The molecule has 0 radical (unpaired) electrons. The molecule has 0 saturated carbocycles. The number of nitrogens with zero attached hydrogens (tertiary/aromatic N) is 1. The smallest absolute Gasteiger partial charge is 0.262 e. The zero-order valence-electron chi connectivity index (χ0n) is 14.7. The van der Waals surface area contributed by atoms with Gasteiger partial charge in [0, 0.05) is 18.8 Å². The number of sulfonamides is 1. The van der Waals surface area contributed by atoms with Gasteiger partial charge in [-0.05, 0) is 42.5 Å². The van der Waals surface area contributed by atoms with Gasteiger partial charge in [0.05, 0.1) is 23.1 Å². The lowest BCUT2D eigenvalue weighted by Crippen LogP contribution is -2.40. The molecule has 1 amide bonds. The Morgan fingerprint density at radius 1 is 1.18 bits per heavy atom. The Labute approximate surface area is 167 Å². The van der Waals surface area contributed by atoms with E-state index in [1.54, 1.807) is 0 Å². The first kappa shape index (κ1) is 20.5. The number of halogens is 2. The van der Waals surface area contributed by atoms with Crippen molar-refractivity contribution in [2.24, 2.45) is 0 Å². The van der Waals surface area contributed by atoms with Crippen LogP contribution >= 0.6 is 11.6 Å². The molecule has 10 heteroatoms. The lowest BCUT2D eigenvalue weighted by atomic mass is 10.3. The van der Waals surface area contributed by atoms with Gasteiger partial charge in [-0.1, -0.05) is 11.6 Å². The number of hydrogen-bond donors (Lipinski definition) is 1. The highest BCUT2D eigenvalue weighted by molar-refractivity contribution is 7.89. The van der Waals surface area contributed by atoms with Crippen molar-refractivity contribution in [1.82, 2.24) is 4.31 Å². The average molecular weight is 429 g/mol. The van der Waals surface area contributed by atoms with Crippen molar-refractivity contribution in [3.63, 3.8) is 0 Å². The molecule has 0 bridgehead atoms. The Kier molecular flexibility index (Phi) is 6.50. The Bertz CT molecular complexity index is 947. The minimum absolute atomic E-state index is 0.0606. The summed E-state index contributed by atoms with van der Waals surface area (Å²) in [5.41, 5.74) is 0.416. The van der Waals surface area contributed by atoms with Crippen LogP contribution in [0.5, 0.6) is 5.75 Å². The maximum Gasteiger partial charge on any atom is 0.262 e. The van der Waals surface area contributed by atoms with Crippen molar-refractivity contribution >= 4 is 33.2 Å². The maximum absolute atomic E-state index is 13.0. The van der Waals surface area contributed by atoms with Crippen LogP contribution in [0.15, 0.2) is 47.4 Å². The summed E-state index contributed by atoms with van der Waals surface area (Å²) < 4.78 is 49.9. The van der Waals surface area contributed by atoms with Crippen LogP contribution in [0, 0.1) is 5.82 Å². The highest BCUT2D eigenvalue weighted by Crippen LogP contribution is 2.25. The number of nitrogens with one attached hydrogen (secondary N) is 1. The monoisotopic (exact) mass is 428 g/mol. The first-order chi connectivity index (χ1) is 13.4. The summed E-state index contributed by atoms with van der Waals surface area (Å²) in [5.74, 6) is -0.789. The van der Waals surface area contributed by atoms with E-state index in [1.807, 2.05) is 0 Å². The second kappa shape index (κ2) is 8.87. The molecule has 2 aromatic carbocycles. The second-order valence-electron chi connectivity index (χ2n) is 5.95. The molecular formula is C18H18ClFN2O5S. The van der Waals surface area contributed by atoms with Gasteiger partial charge in [0.1, 0.15) is 11.6 Å². The number of hydrogen-bond acceptors (Lipinski definition) is 5. The van der Waals surface area contributed by atoms with Crippen LogP contribution in [0.3, 0.4) is 0 Å². The first-order valence-corrected chi connectivity index (χ1v) is 10.2. The molecule has 1 saturated heterocycles. The third-order valence-corrected chi connectivity index (χ3v) is 6.21. The van der Waals surface area contributed by atoms with Crippen LogP contribution in [-0.2, 0) is 19.6 Å². The summed E-state index contributed by atoms with van der Waals surface area (Å²) in [6.07, 6.45) is 0. The van der Waals surface area contributed by atoms with Gasteiger partial charge in [-0.25, -0.2) is 12.8 Å². The zero-order chi connectivity index (χ0) is 20.1. The summed E-state index contributed by atoms with van der Waals surface area (Å²) in [7, 11) is -3.59. The molecule has 28 heavy (non-hydrogen) atoms. The van der Waals surface area contributed by atoms with Gasteiger partial charge in [0.25, 0.3) is 5.91 Å². The average Bonchev–Trinajstić information content (AvgIpc) is 2.68. The number of benzene rings is 2. The number of carbonyl (C=O) groups is 1. The summed E-state index contributed by atoms with van der Waals surface area (Å²) in [6, 6.07) is 9.44. The molecule has 1 aliphatic heterocycles. The molecule has 0 spiro atoms. The van der Waals surface area contributed by atoms with E-state index < -0.39 is 21.7 Å². The van der Waals surface area contributed by atoms with Gasteiger partial charge in [0.15, 0.2) is 6.61 Å². The number of amides is 1. The summed E-state index contributed by atoms with van der Waals surface area (Å²) in [5, 5.41) is 2.65. The van der Waals surface area contributed by atoms with Crippen molar-refractivity contribution in [2.75, 3.05) is 38.2 Å². The van der Waals surface area contributed by atoms with Crippen LogP contribution < -0.4 is 10.1 Å². The van der Waals surface area contributed by atoms with Crippen LogP contribution in [0.2, 0.25) is 5.02 Å². The van der Waals surface area contributed by atoms with Gasteiger partial charge < -0.3 is 14.8 Å². The molecule has 3 rings (SSSR count). The van der Waals surface area contributed by atoms with Crippen molar-refractivity contribution < 1.29 is 27.1 Å². The van der Waals surface area contributed by atoms with Gasteiger partial charge in [-0.2, -0.15) is 4.31 Å². The molecule has 1 heterocycles. The molecule has 1 fully saturated rings. The molecule has 0 aromatic heterocycles. The second-order valence-corrected chi connectivity index (χ2v) is 8.30. The fourth-order valence-corrected chi connectivity index (χ4v) is 4.21. The van der Waals surface area contributed by atoms with E-state index in [9.17, 15) is 17.6 Å².